The summed E-state index contributed by atoms with van der Waals surface area (Å²) >= 11 is 0. The van der Waals surface area contributed by atoms with Gasteiger partial charge in [0.05, 0.1) is 5.92 Å². The summed E-state index contributed by atoms with van der Waals surface area (Å²) in [5, 5.41) is 9.85. The van der Waals surface area contributed by atoms with Crippen molar-refractivity contribution in [1.29, 1.82) is 0 Å². The molecule has 0 heterocycles. The predicted molar refractivity (Wildman–Crippen MR) is 88.2 cm³/mol. The van der Waals surface area contributed by atoms with Crippen LogP contribution in [0.25, 0.3) is 0 Å². The molecular formula is C20H28O4. The Hall–Kier alpha value is -1.19. The highest BCUT2D eigenvalue weighted by atomic mass is 16.4. The zero-order valence-corrected chi connectivity index (χ0v) is 14.7. The van der Waals surface area contributed by atoms with Gasteiger partial charge in [-0.25, -0.2) is 0 Å². The summed E-state index contributed by atoms with van der Waals surface area (Å²) < 4.78 is 0. The van der Waals surface area contributed by atoms with Crippen LogP contribution in [0.3, 0.4) is 0 Å². The van der Waals surface area contributed by atoms with Gasteiger partial charge in [-0.3, -0.25) is 14.4 Å². The summed E-state index contributed by atoms with van der Waals surface area (Å²) in [7, 11) is 0. The monoisotopic (exact) mass is 332 g/mol. The molecule has 0 aromatic rings. The van der Waals surface area contributed by atoms with Crippen LogP contribution >= 0.6 is 0 Å². The van der Waals surface area contributed by atoms with E-state index in [2.05, 4.69) is 13.8 Å². The minimum absolute atomic E-state index is 0.0149. The quantitative estimate of drug-likeness (QED) is 0.798. The zero-order valence-electron chi connectivity index (χ0n) is 14.7. The van der Waals surface area contributed by atoms with Crippen LogP contribution in [-0.4, -0.2) is 22.6 Å². The van der Waals surface area contributed by atoms with Crippen LogP contribution in [0.15, 0.2) is 0 Å². The molecule has 4 heteroatoms. The van der Waals surface area contributed by atoms with Crippen LogP contribution < -0.4 is 0 Å². The van der Waals surface area contributed by atoms with Crippen molar-refractivity contribution in [3.8, 4) is 0 Å². The van der Waals surface area contributed by atoms with Gasteiger partial charge in [0.25, 0.3) is 0 Å². The Labute approximate surface area is 143 Å². The fraction of sp³-hybridized carbons (Fsp3) is 0.850. The van der Waals surface area contributed by atoms with E-state index in [0.717, 1.165) is 25.7 Å². The van der Waals surface area contributed by atoms with Gasteiger partial charge in [0.15, 0.2) is 0 Å². The molecule has 0 aromatic carbocycles. The molecule has 4 saturated carbocycles. The van der Waals surface area contributed by atoms with Crippen molar-refractivity contribution in [2.45, 2.75) is 65.2 Å². The largest absolute Gasteiger partial charge is 0.481 e. The molecule has 4 nitrogen and oxygen atoms in total. The fourth-order valence-electron chi connectivity index (χ4n) is 7.17. The standard InChI is InChI=1S/C20H28O4/c1-19-7-5-11(21)9-16(19)13(18(23)24)10-12-14-3-4-17(22)20(14,2)8-6-15(12)19/h12-16H,3-10H2,1-2H3,(H,23,24)/t12-,13?,14-,15+,16?,19+,20-/m0/s1. The van der Waals surface area contributed by atoms with E-state index in [1.807, 2.05) is 0 Å². The molecule has 0 aromatic heterocycles. The molecule has 1 N–H and O–H groups in total. The second-order valence-corrected chi connectivity index (χ2v) is 9.33. The molecule has 7 atom stereocenters. The third-order valence-electron chi connectivity index (χ3n) is 8.56. The SMILES string of the molecule is C[C@]12CCC(=O)CC1C(C(=O)O)C[C@@H]1[C@H]2CC[C@]2(C)C(=O)CC[C@@H]12. The van der Waals surface area contributed by atoms with Gasteiger partial charge in [-0.15, -0.1) is 0 Å². The number of carbonyl (C=O) groups is 3. The van der Waals surface area contributed by atoms with Crippen LogP contribution in [0.2, 0.25) is 0 Å². The third-order valence-corrected chi connectivity index (χ3v) is 8.56. The van der Waals surface area contributed by atoms with Crippen molar-refractivity contribution >= 4 is 17.5 Å². The number of Topliss-reactive ketones (excluding diaryl/α,β-unsaturated/α-hetero) is 2. The highest BCUT2D eigenvalue weighted by molar-refractivity contribution is 5.87. The Balaban J connectivity index is 1.74. The number of carboxylic acids is 1. The second kappa shape index (κ2) is 5.15. The first-order chi connectivity index (χ1) is 11.3. The van der Waals surface area contributed by atoms with E-state index in [1.54, 1.807) is 0 Å². The lowest BCUT2D eigenvalue weighted by Gasteiger charge is -2.60. The summed E-state index contributed by atoms with van der Waals surface area (Å²) in [6.45, 7) is 4.37. The number of hydrogen-bond acceptors (Lipinski definition) is 3. The van der Waals surface area contributed by atoms with Crippen LogP contribution in [0.4, 0.5) is 0 Å². The smallest absolute Gasteiger partial charge is 0.306 e. The van der Waals surface area contributed by atoms with Gasteiger partial charge in [0.1, 0.15) is 11.6 Å². The molecule has 4 aliphatic carbocycles. The molecular weight excluding hydrogens is 304 g/mol. The summed E-state index contributed by atoms with van der Waals surface area (Å²) in [6, 6.07) is 0. The topological polar surface area (TPSA) is 71.4 Å². The highest BCUT2D eigenvalue weighted by Gasteiger charge is 2.63. The van der Waals surface area contributed by atoms with Gasteiger partial charge < -0.3 is 5.11 Å². The second-order valence-electron chi connectivity index (χ2n) is 9.33. The Kier molecular flexibility index (Phi) is 3.50. The Morgan fingerprint density at radius 3 is 2.50 bits per heavy atom. The van der Waals surface area contributed by atoms with E-state index in [-0.39, 0.29) is 22.5 Å². The van der Waals surface area contributed by atoms with Gasteiger partial charge in [0.2, 0.25) is 0 Å². The van der Waals surface area contributed by atoms with E-state index >= 15 is 0 Å². The molecule has 0 saturated heterocycles. The van der Waals surface area contributed by atoms with Crippen molar-refractivity contribution in [3.05, 3.63) is 0 Å². The molecule has 4 rings (SSSR count). The van der Waals surface area contributed by atoms with Gasteiger partial charge in [-0.05, 0) is 61.2 Å². The van der Waals surface area contributed by atoms with E-state index < -0.39 is 11.9 Å². The maximum atomic E-state index is 12.5. The number of carbonyl (C=O) groups excluding carboxylic acids is 2. The first-order valence-electron chi connectivity index (χ1n) is 9.55. The predicted octanol–water partition coefficient (Wildman–Crippen LogP) is 3.48. The lowest BCUT2D eigenvalue weighted by atomic mass is 9.43. The normalized spacial score (nSPS) is 50.8. The lowest BCUT2D eigenvalue weighted by Crippen LogP contribution is -2.57. The van der Waals surface area contributed by atoms with Gasteiger partial charge in [0, 0.05) is 24.7 Å². The summed E-state index contributed by atoms with van der Waals surface area (Å²) in [6.07, 6.45) is 6.12. The first kappa shape index (κ1) is 16.3. The molecule has 0 radical (unpaired) electrons. The third kappa shape index (κ3) is 2.01. The van der Waals surface area contributed by atoms with Gasteiger partial charge >= 0.3 is 5.97 Å². The molecule has 2 unspecified atom stereocenters. The molecule has 0 amide bonds. The summed E-state index contributed by atoms with van der Waals surface area (Å²) in [5.74, 6) is 0.623. The maximum absolute atomic E-state index is 12.5. The molecule has 0 spiro atoms. The van der Waals surface area contributed by atoms with Crippen molar-refractivity contribution < 1.29 is 19.5 Å². The fourth-order valence-corrected chi connectivity index (χ4v) is 7.17. The van der Waals surface area contributed by atoms with Crippen LogP contribution in [0.1, 0.15) is 65.2 Å². The molecule has 132 valence electrons. The average Bonchev–Trinajstić information content (AvgIpc) is 2.83. The zero-order chi connectivity index (χ0) is 17.3. The summed E-state index contributed by atoms with van der Waals surface area (Å²) in [4.78, 5) is 36.5. The number of aliphatic carboxylic acids is 1. The van der Waals surface area contributed by atoms with Gasteiger partial charge in [-0.1, -0.05) is 13.8 Å². The van der Waals surface area contributed by atoms with Crippen LogP contribution in [0.5, 0.6) is 0 Å². The highest BCUT2D eigenvalue weighted by Crippen LogP contribution is 2.66. The first-order valence-corrected chi connectivity index (χ1v) is 9.55. The van der Waals surface area contributed by atoms with Crippen molar-refractivity contribution in [3.63, 3.8) is 0 Å². The van der Waals surface area contributed by atoms with E-state index in [0.29, 0.717) is 49.2 Å². The molecule has 0 bridgehead atoms. The van der Waals surface area contributed by atoms with Crippen molar-refractivity contribution in [1.82, 2.24) is 0 Å². The number of hydrogen-bond donors (Lipinski definition) is 1. The van der Waals surface area contributed by atoms with Crippen LogP contribution in [-0.2, 0) is 14.4 Å². The van der Waals surface area contributed by atoms with Crippen molar-refractivity contribution in [2.75, 3.05) is 0 Å². The average molecular weight is 332 g/mol. The minimum Gasteiger partial charge on any atom is -0.481 e. The molecule has 4 fully saturated rings. The number of fused-ring (bicyclic) bond motifs is 5. The number of rotatable bonds is 1. The molecule has 4 aliphatic rings. The van der Waals surface area contributed by atoms with Crippen molar-refractivity contribution in [2.24, 2.45) is 40.4 Å². The van der Waals surface area contributed by atoms with E-state index in [1.165, 1.54) is 0 Å². The number of carboxylic acid groups (broad SMARTS) is 1. The Morgan fingerprint density at radius 1 is 1.04 bits per heavy atom. The maximum Gasteiger partial charge on any atom is 0.306 e. The van der Waals surface area contributed by atoms with E-state index in [9.17, 15) is 19.5 Å². The van der Waals surface area contributed by atoms with E-state index in [4.69, 9.17) is 0 Å². The lowest BCUT2D eigenvalue weighted by molar-refractivity contribution is -0.170. The minimum atomic E-state index is -0.740. The summed E-state index contributed by atoms with van der Waals surface area (Å²) in [5.41, 5.74) is -0.273. The number of ketones is 2. The molecule has 24 heavy (non-hydrogen) atoms. The van der Waals surface area contributed by atoms with Gasteiger partial charge in [-0.2, -0.15) is 0 Å². The Morgan fingerprint density at radius 2 is 1.79 bits per heavy atom. The van der Waals surface area contributed by atoms with Crippen LogP contribution in [0, 0.1) is 40.4 Å². The molecule has 0 aliphatic heterocycles. The Bertz CT molecular complexity index is 611.